The number of benzene rings is 2. The lowest BCUT2D eigenvalue weighted by Gasteiger charge is -2.34. The van der Waals surface area contributed by atoms with Gasteiger partial charge in [-0.25, -0.2) is 4.39 Å². The number of amides is 2. The second-order valence-corrected chi connectivity index (χ2v) is 7.91. The summed E-state index contributed by atoms with van der Waals surface area (Å²) in [5.74, 6) is -0.0662. The maximum absolute atomic E-state index is 13.9. The number of anilines is 1. The van der Waals surface area contributed by atoms with E-state index in [1.54, 1.807) is 30.1 Å². The van der Waals surface area contributed by atoms with Crippen LogP contribution in [0.1, 0.15) is 21.6 Å². The maximum atomic E-state index is 13.9. The summed E-state index contributed by atoms with van der Waals surface area (Å²) in [6.45, 7) is 2.93. The molecular weight excluding hydrogens is 409 g/mol. The lowest BCUT2D eigenvalue weighted by Crippen LogP contribution is -2.48. The first kappa shape index (κ1) is 21.7. The SMILES string of the molecule is Cn1nc(C(=O)N2CCN(Cc3ccccc3F)CC2)cc1NC(=O)Cc1ccccc1. The zero-order valence-electron chi connectivity index (χ0n) is 18.0. The summed E-state index contributed by atoms with van der Waals surface area (Å²) in [5, 5.41) is 7.12. The molecule has 0 atom stereocenters. The molecule has 0 aliphatic carbocycles. The van der Waals surface area contributed by atoms with Gasteiger partial charge >= 0.3 is 0 Å². The van der Waals surface area contributed by atoms with Crippen LogP contribution in [0.15, 0.2) is 60.7 Å². The van der Waals surface area contributed by atoms with Crippen LogP contribution in [-0.2, 0) is 24.8 Å². The summed E-state index contributed by atoms with van der Waals surface area (Å²) < 4.78 is 15.4. The molecule has 1 fully saturated rings. The van der Waals surface area contributed by atoms with Gasteiger partial charge in [0.1, 0.15) is 11.6 Å². The number of rotatable bonds is 6. The number of halogens is 1. The minimum absolute atomic E-state index is 0.167. The zero-order valence-corrected chi connectivity index (χ0v) is 18.0. The summed E-state index contributed by atoms with van der Waals surface area (Å²) in [7, 11) is 1.70. The number of carbonyl (C=O) groups is 2. The van der Waals surface area contributed by atoms with Crippen LogP contribution in [0.25, 0.3) is 0 Å². The molecule has 0 unspecified atom stereocenters. The van der Waals surface area contributed by atoms with E-state index in [1.807, 2.05) is 36.4 Å². The molecule has 2 aromatic carbocycles. The van der Waals surface area contributed by atoms with Crippen molar-refractivity contribution >= 4 is 17.6 Å². The molecule has 2 amide bonds. The molecule has 32 heavy (non-hydrogen) atoms. The summed E-state index contributed by atoms with van der Waals surface area (Å²) >= 11 is 0. The molecule has 0 saturated carbocycles. The molecule has 7 nitrogen and oxygen atoms in total. The minimum atomic E-state index is -0.207. The second-order valence-electron chi connectivity index (χ2n) is 7.91. The summed E-state index contributed by atoms with van der Waals surface area (Å²) in [6.07, 6.45) is 0.249. The van der Waals surface area contributed by atoms with E-state index in [-0.39, 0.29) is 24.1 Å². The molecule has 0 bridgehead atoms. The van der Waals surface area contributed by atoms with Crippen LogP contribution < -0.4 is 5.32 Å². The van der Waals surface area contributed by atoms with Gasteiger partial charge in [-0.3, -0.25) is 19.2 Å². The molecule has 1 aliphatic heterocycles. The van der Waals surface area contributed by atoms with E-state index >= 15 is 0 Å². The Morgan fingerprint density at radius 3 is 2.41 bits per heavy atom. The predicted octanol–water partition coefficient (Wildman–Crippen LogP) is 2.70. The molecule has 4 rings (SSSR count). The summed E-state index contributed by atoms with van der Waals surface area (Å²) in [4.78, 5) is 29.1. The van der Waals surface area contributed by atoms with Gasteiger partial charge < -0.3 is 10.2 Å². The van der Waals surface area contributed by atoms with Crippen LogP contribution in [0.2, 0.25) is 0 Å². The molecule has 1 aromatic heterocycles. The Balaban J connectivity index is 1.32. The van der Waals surface area contributed by atoms with Crippen LogP contribution in [0.3, 0.4) is 0 Å². The molecule has 166 valence electrons. The standard InChI is InChI=1S/C24H26FN5O2/c1-28-22(26-23(31)15-18-7-3-2-4-8-18)16-21(27-28)24(32)30-13-11-29(12-14-30)17-19-9-5-6-10-20(19)25/h2-10,16H,11-15,17H2,1H3,(H,26,31). The highest BCUT2D eigenvalue weighted by Crippen LogP contribution is 2.16. The van der Waals surface area contributed by atoms with Gasteiger partial charge in [-0.15, -0.1) is 0 Å². The van der Waals surface area contributed by atoms with Crippen molar-refractivity contribution in [2.45, 2.75) is 13.0 Å². The normalized spacial score (nSPS) is 14.4. The topological polar surface area (TPSA) is 70.5 Å². The fourth-order valence-electron chi connectivity index (χ4n) is 3.80. The first-order valence-corrected chi connectivity index (χ1v) is 10.6. The number of nitrogens with one attached hydrogen (secondary N) is 1. The number of carbonyl (C=O) groups excluding carboxylic acids is 2. The van der Waals surface area contributed by atoms with Crippen molar-refractivity contribution in [2.24, 2.45) is 7.05 Å². The Labute approximate surface area is 186 Å². The van der Waals surface area contributed by atoms with Crippen LogP contribution >= 0.6 is 0 Å². The van der Waals surface area contributed by atoms with E-state index in [1.165, 1.54) is 10.7 Å². The zero-order chi connectivity index (χ0) is 22.5. The fourth-order valence-corrected chi connectivity index (χ4v) is 3.80. The average Bonchev–Trinajstić information content (AvgIpc) is 3.16. The molecule has 0 spiro atoms. The Kier molecular flexibility index (Phi) is 6.61. The van der Waals surface area contributed by atoms with E-state index in [0.717, 1.165) is 5.56 Å². The highest BCUT2D eigenvalue weighted by Gasteiger charge is 2.25. The first-order chi connectivity index (χ1) is 15.5. The Morgan fingerprint density at radius 2 is 1.69 bits per heavy atom. The van der Waals surface area contributed by atoms with Crippen LogP contribution in [0.4, 0.5) is 10.2 Å². The quantitative estimate of drug-likeness (QED) is 0.646. The first-order valence-electron chi connectivity index (χ1n) is 10.6. The van der Waals surface area contributed by atoms with Gasteiger partial charge in [0.15, 0.2) is 5.69 Å². The number of aromatic nitrogens is 2. The molecule has 0 radical (unpaired) electrons. The largest absolute Gasteiger partial charge is 0.335 e. The van der Waals surface area contributed by atoms with Crippen molar-refractivity contribution in [3.63, 3.8) is 0 Å². The molecule has 8 heteroatoms. The Bertz CT molecular complexity index is 1090. The number of hydrogen-bond acceptors (Lipinski definition) is 4. The Morgan fingerprint density at radius 1 is 1.00 bits per heavy atom. The van der Waals surface area contributed by atoms with Crippen molar-refractivity contribution in [1.82, 2.24) is 19.6 Å². The molecule has 1 saturated heterocycles. The van der Waals surface area contributed by atoms with Crippen LogP contribution in [0, 0.1) is 5.82 Å². The lowest BCUT2D eigenvalue weighted by atomic mass is 10.1. The average molecular weight is 436 g/mol. The minimum Gasteiger partial charge on any atom is -0.335 e. The third-order valence-electron chi connectivity index (χ3n) is 5.59. The van der Waals surface area contributed by atoms with E-state index in [0.29, 0.717) is 49.8 Å². The molecular formula is C24H26FN5O2. The van der Waals surface area contributed by atoms with Gasteiger partial charge in [0, 0.05) is 51.4 Å². The van der Waals surface area contributed by atoms with Crippen molar-refractivity contribution in [2.75, 3.05) is 31.5 Å². The van der Waals surface area contributed by atoms with E-state index in [4.69, 9.17) is 0 Å². The van der Waals surface area contributed by atoms with Gasteiger partial charge in [0.05, 0.1) is 6.42 Å². The van der Waals surface area contributed by atoms with Crippen molar-refractivity contribution in [1.29, 1.82) is 0 Å². The predicted molar refractivity (Wildman–Crippen MR) is 120 cm³/mol. The third-order valence-corrected chi connectivity index (χ3v) is 5.59. The summed E-state index contributed by atoms with van der Waals surface area (Å²) in [5.41, 5.74) is 1.87. The smallest absolute Gasteiger partial charge is 0.274 e. The van der Waals surface area contributed by atoms with Crippen molar-refractivity contribution in [3.8, 4) is 0 Å². The molecule has 3 aromatic rings. The second kappa shape index (κ2) is 9.74. The van der Waals surface area contributed by atoms with Crippen LogP contribution in [0.5, 0.6) is 0 Å². The number of aryl methyl sites for hydroxylation is 1. The highest BCUT2D eigenvalue weighted by atomic mass is 19.1. The third kappa shape index (κ3) is 5.20. The van der Waals surface area contributed by atoms with Gasteiger partial charge in [0.2, 0.25) is 5.91 Å². The molecule has 1 aliphatic rings. The Hall–Kier alpha value is -3.52. The number of hydrogen-bond donors (Lipinski definition) is 1. The highest BCUT2D eigenvalue weighted by molar-refractivity contribution is 5.96. The van der Waals surface area contributed by atoms with E-state index in [2.05, 4.69) is 15.3 Å². The maximum Gasteiger partial charge on any atom is 0.274 e. The van der Waals surface area contributed by atoms with Gasteiger partial charge in [-0.1, -0.05) is 48.5 Å². The van der Waals surface area contributed by atoms with Crippen molar-refractivity contribution in [3.05, 3.63) is 83.3 Å². The van der Waals surface area contributed by atoms with Crippen molar-refractivity contribution < 1.29 is 14.0 Å². The van der Waals surface area contributed by atoms with Gasteiger partial charge in [-0.2, -0.15) is 5.10 Å². The van der Waals surface area contributed by atoms with Gasteiger partial charge in [0.25, 0.3) is 5.91 Å². The molecule has 1 N–H and O–H groups in total. The fraction of sp³-hybridized carbons (Fsp3) is 0.292. The van der Waals surface area contributed by atoms with Gasteiger partial charge in [-0.05, 0) is 11.6 Å². The number of nitrogens with zero attached hydrogens (tertiary/aromatic N) is 4. The number of piperazine rings is 1. The monoisotopic (exact) mass is 435 g/mol. The van der Waals surface area contributed by atoms with E-state index in [9.17, 15) is 14.0 Å². The van der Waals surface area contributed by atoms with Crippen LogP contribution in [-0.4, -0.2) is 57.6 Å². The molecule has 2 heterocycles. The summed E-state index contributed by atoms with van der Waals surface area (Å²) in [6, 6.07) is 17.8. The lowest BCUT2D eigenvalue weighted by molar-refractivity contribution is -0.115. The van der Waals surface area contributed by atoms with E-state index < -0.39 is 0 Å².